The van der Waals surface area contributed by atoms with Gasteiger partial charge in [-0.2, -0.15) is 0 Å². The predicted octanol–water partition coefficient (Wildman–Crippen LogP) is 4.48. The lowest BCUT2D eigenvalue weighted by atomic mass is 9.97. The van der Waals surface area contributed by atoms with E-state index in [1.807, 2.05) is 24.3 Å². The molecular weight excluding hydrogens is 222 g/mol. The van der Waals surface area contributed by atoms with Crippen molar-refractivity contribution >= 4 is 17.2 Å². The van der Waals surface area contributed by atoms with Crippen LogP contribution in [0.3, 0.4) is 0 Å². The first-order valence-electron chi connectivity index (χ1n) is 6.65. The van der Waals surface area contributed by atoms with Crippen molar-refractivity contribution in [2.75, 3.05) is 0 Å². The molecule has 0 aliphatic carbocycles. The molecule has 1 aliphatic rings. The first-order valence-corrected chi connectivity index (χ1v) is 6.65. The van der Waals surface area contributed by atoms with Crippen molar-refractivity contribution < 1.29 is 4.79 Å². The van der Waals surface area contributed by atoms with Crippen molar-refractivity contribution in [1.29, 1.82) is 0 Å². The second-order valence-corrected chi connectivity index (χ2v) is 4.57. The normalized spacial score (nSPS) is 14.7. The second kappa shape index (κ2) is 6.29. The van der Waals surface area contributed by atoms with Crippen LogP contribution in [0, 0.1) is 0 Å². The number of benzene rings is 1. The number of nitrogens with zero attached hydrogens (tertiary/aromatic N) is 1. The highest BCUT2D eigenvalue weighted by Crippen LogP contribution is 2.26. The van der Waals surface area contributed by atoms with Crippen LogP contribution in [0.2, 0.25) is 0 Å². The van der Waals surface area contributed by atoms with Gasteiger partial charge in [-0.3, -0.25) is 9.79 Å². The molecule has 1 heterocycles. The van der Waals surface area contributed by atoms with Gasteiger partial charge in [0.15, 0.2) is 5.78 Å². The minimum Gasteiger partial charge on any atom is -0.294 e. The molecule has 0 bridgehead atoms. The van der Waals surface area contributed by atoms with Gasteiger partial charge in [0.2, 0.25) is 0 Å². The van der Waals surface area contributed by atoms with E-state index in [0.29, 0.717) is 6.42 Å². The Morgan fingerprint density at radius 2 is 2.11 bits per heavy atom. The molecule has 0 atom stereocenters. The molecule has 0 saturated carbocycles. The van der Waals surface area contributed by atoms with Crippen LogP contribution in [0.25, 0.3) is 0 Å². The number of hydrogen-bond donors (Lipinski definition) is 0. The van der Waals surface area contributed by atoms with Gasteiger partial charge in [0.25, 0.3) is 0 Å². The first kappa shape index (κ1) is 12.7. The summed E-state index contributed by atoms with van der Waals surface area (Å²) in [5, 5.41) is 0. The third-order valence-electron chi connectivity index (χ3n) is 3.09. The van der Waals surface area contributed by atoms with E-state index in [2.05, 4.69) is 24.1 Å². The highest BCUT2D eigenvalue weighted by molar-refractivity contribution is 6.15. The lowest BCUT2D eigenvalue weighted by molar-refractivity contribution is 0.0999. The van der Waals surface area contributed by atoms with Crippen molar-refractivity contribution in [3.8, 4) is 0 Å². The van der Waals surface area contributed by atoms with Crippen LogP contribution in [-0.4, -0.2) is 11.5 Å². The Morgan fingerprint density at radius 1 is 1.28 bits per heavy atom. The lowest BCUT2D eigenvalue weighted by Gasteiger charge is -2.13. The molecule has 0 aromatic heterocycles. The maximum Gasteiger partial charge on any atom is 0.170 e. The standard InChI is InChI=1S/C16H19NO/c1-2-3-4-5-6-9-13-12-16(18)14-10-7-8-11-15(14)17-13/h3-4,7-8,10-11H,2,5-6,9,12H2,1H3. The fourth-order valence-corrected chi connectivity index (χ4v) is 2.15. The minimum absolute atomic E-state index is 0.208. The van der Waals surface area contributed by atoms with E-state index in [1.165, 1.54) is 0 Å². The Kier molecular flexibility index (Phi) is 4.46. The SMILES string of the molecule is CCC=CCCCC1=Nc2ccccc2C(=O)C1. The molecule has 2 heteroatoms. The van der Waals surface area contributed by atoms with Crippen molar-refractivity contribution in [1.82, 2.24) is 0 Å². The number of Topliss-reactive ketones (excluding diaryl/α,β-unsaturated/α-hetero) is 1. The van der Waals surface area contributed by atoms with Gasteiger partial charge < -0.3 is 0 Å². The molecular formula is C16H19NO. The average Bonchev–Trinajstić information content (AvgIpc) is 2.39. The summed E-state index contributed by atoms with van der Waals surface area (Å²) in [5.74, 6) is 0.208. The summed E-state index contributed by atoms with van der Waals surface area (Å²) in [5.41, 5.74) is 2.64. The van der Waals surface area contributed by atoms with Gasteiger partial charge >= 0.3 is 0 Å². The third kappa shape index (κ3) is 3.16. The third-order valence-corrected chi connectivity index (χ3v) is 3.09. The summed E-state index contributed by atoms with van der Waals surface area (Å²) in [4.78, 5) is 16.5. The number of ketones is 1. The zero-order valence-corrected chi connectivity index (χ0v) is 10.9. The quantitative estimate of drug-likeness (QED) is 0.552. The highest BCUT2D eigenvalue weighted by atomic mass is 16.1. The molecule has 1 aliphatic heterocycles. The molecule has 2 nitrogen and oxygen atoms in total. The van der Waals surface area contributed by atoms with Crippen LogP contribution in [-0.2, 0) is 0 Å². The summed E-state index contributed by atoms with van der Waals surface area (Å²) in [6, 6.07) is 7.61. The van der Waals surface area contributed by atoms with E-state index >= 15 is 0 Å². The monoisotopic (exact) mass is 241 g/mol. The molecule has 0 amide bonds. The van der Waals surface area contributed by atoms with Gasteiger partial charge in [0, 0.05) is 17.7 Å². The van der Waals surface area contributed by atoms with Crippen LogP contribution in [0.15, 0.2) is 41.4 Å². The van der Waals surface area contributed by atoms with Gasteiger partial charge in [0.05, 0.1) is 5.69 Å². The molecule has 0 fully saturated rings. The fourth-order valence-electron chi connectivity index (χ4n) is 2.15. The van der Waals surface area contributed by atoms with Gasteiger partial charge in [0.1, 0.15) is 0 Å². The summed E-state index contributed by atoms with van der Waals surface area (Å²) < 4.78 is 0. The molecule has 0 N–H and O–H groups in total. The van der Waals surface area contributed by atoms with E-state index in [4.69, 9.17) is 0 Å². The Morgan fingerprint density at radius 3 is 2.94 bits per heavy atom. The maximum absolute atomic E-state index is 11.9. The number of unbranched alkanes of at least 4 members (excludes halogenated alkanes) is 1. The number of para-hydroxylation sites is 1. The smallest absolute Gasteiger partial charge is 0.170 e. The van der Waals surface area contributed by atoms with Gasteiger partial charge in [-0.25, -0.2) is 0 Å². The average molecular weight is 241 g/mol. The summed E-state index contributed by atoms with van der Waals surface area (Å²) in [6.07, 6.45) is 9.05. The Hall–Kier alpha value is -1.70. The summed E-state index contributed by atoms with van der Waals surface area (Å²) >= 11 is 0. The predicted molar refractivity (Wildman–Crippen MR) is 75.8 cm³/mol. The topological polar surface area (TPSA) is 29.4 Å². The first-order chi connectivity index (χ1) is 8.81. The van der Waals surface area contributed by atoms with E-state index < -0.39 is 0 Å². The van der Waals surface area contributed by atoms with Crippen molar-refractivity contribution in [3.63, 3.8) is 0 Å². The maximum atomic E-state index is 11.9. The number of carbonyl (C=O) groups excluding carboxylic acids is 1. The largest absolute Gasteiger partial charge is 0.294 e. The zero-order valence-electron chi connectivity index (χ0n) is 10.9. The second-order valence-electron chi connectivity index (χ2n) is 4.57. The molecule has 1 aromatic carbocycles. The van der Waals surface area contributed by atoms with E-state index in [0.717, 1.165) is 42.6 Å². The number of hydrogen-bond acceptors (Lipinski definition) is 2. The molecule has 0 saturated heterocycles. The fraction of sp³-hybridized carbons (Fsp3) is 0.375. The van der Waals surface area contributed by atoms with Gasteiger partial charge in [-0.15, -0.1) is 0 Å². The Labute approximate surface area is 108 Å². The molecule has 2 rings (SSSR count). The summed E-state index contributed by atoms with van der Waals surface area (Å²) in [6.45, 7) is 2.14. The van der Waals surface area contributed by atoms with E-state index in [1.54, 1.807) is 0 Å². The van der Waals surface area contributed by atoms with Crippen molar-refractivity contribution in [2.24, 2.45) is 4.99 Å². The number of allylic oxidation sites excluding steroid dienone is 2. The number of carbonyl (C=O) groups is 1. The number of aliphatic imine (C=N–C) groups is 1. The molecule has 0 unspecified atom stereocenters. The van der Waals surface area contributed by atoms with Crippen molar-refractivity contribution in [3.05, 3.63) is 42.0 Å². The molecule has 0 radical (unpaired) electrons. The van der Waals surface area contributed by atoms with Crippen LogP contribution in [0.5, 0.6) is 0 Å². The molecule has 0 spiro atoms. The molecule has 1 aromatic rings. The number of rotatable bonds is 5. The highest BCUT2D eigenvalue weighted by Gasteiger charge is 2.18. The van der Waals surface area contributed by atoms with Crippen molar-refractivity contribution in [2.45, 2.75) is 39.0 Å². The molecule has 94 valence electrons. The zero-order chi connectivity index (χ0) is 12.8. The van der Waals surface area contributed by atoms with E-state index in [9.17, 15) is 4.79 Å². The van der Waals surface area contributed by atoms with Crippen LogP contribution in [0.1, 0.15) is 49.4 Å². The lowest BCUT2D eigenvalue weighted by Crippen LogP contribution is -2.13. The van der Waals surface area contributed by atoms with Crippen LogP contribution >= 0.6 is 0 Å². The van der Waals surface area contributed by atoms with E-state index in [-0.39, 0.29) is 5.78 Å². The summed E-state index contributed by atoms with van der Waals surface area (Å²) in [7, 11) is 0. The van der Waals surface area contributed by atoms with Crippen LogP contribution < -0.4 is 0 Å². The van der Waals surface area contributed by atoms with Gasteiger partial charge in [-0.1, -0.05) is 31.2 Å². The molecule has 18 heavy (non-hydrogen) atoms. The van der Waals surface area contributed by atoms with Gasteiger partial charge in [-0.05, 0) is 37.8 Å². The number of fused-ring (bicyclic) bond motifs is 1. The minimum atomic E-state index is 0.208. The Balaban J connectivity index is 1.97. The van der Waals surface area contributed by atoms with Crippen LogP contribution in [0.4, 0.5) is 5.69 Å². The Bertz CT molecular complexity index is 486.